The summed E-state index contributed by atoms with van der Waals surface area (Å²) in [6.07, 6.45) is -3.70. The number of halogens is 3. The fourth-order valence-electron chi connectivity index (χ4n) is 1.00. The fraction of sp³-hybridized carbons (Fsp3) is 0.625. The van der Waals surface area contributed by atoms with Crippen molar-refractivity contribution in [2.75, 3.05) is 0 Å². The molecule has 0 aromatic carbocycles. The molecule has 0 aromatic heterocycles. The third kappa shape index (κ3) is 2.47. The van der Waals surface area contributed by atoms with Crippen LogP contribution in [0.4, 0.5) is 13.2 Å². The van der Waals surface area contributed by atoms with Crippen molar-refractivity contribution in [2.24, 2.45) is 10.7 Å². The predicted octanol–water partition coefficient (Wildman–Crippen LogP) is 1.17. The first-order chi connectivity index (χ1) is 6.21. The Hall–Kier alpha value is -1.04. The van der Waals surface area contributed by atoms with Gasteiger partial charge < -0.3 is 11.1 Å². The third-order valence-electron chi connectivity index (χ3n) is 1.77. The maximum Gasteiger partial charge on any atom is 0.429 e. The summed E-state index contributed by atoms with van der Waals surface area (Å²) < 4.78 is 36.8. The molecular weight excluding hydrogens is 195 g/mol. The van der Waals surface area contributed by atoms with E-state index in [1.165, 1.54) is 6.08 Å². The van der Waals surface area contributed by atoms with Gasteiger partial charge in [0.1, 0.15) is 0 Å². The minimum Gasteiger partial charge on any atom is -0.358 e. The van der Waals surface area contributed by atoms with E-state index in [-0.39, 0.29) is 0 Å². The average molecular weight is 207 g/mol. The van der Waals surface area contributed by atoms with Crippen LogP contribution >= 0.6 is 0 Å². The number of nitrogens with two attached hydrogens (primary N) is 1. The van der Waals surface area contributed by atoms with Gasteiger partial charge in [-0.1, -0.05) is 0 Å². The second kappa shape index (κ2) is 3.27. The summed E-state index contributed by atoms with van der Waals surface area (Å²) in [7, 11) is 0. The molecule has 1 heterocycles. The van der Waals surface area contributed by atoms with Crippen LogP contribution in [0.15, 0.2) is 16.8 Å². The second-order valence-corrected chi connectivity index (χ2v) is 3.69. The minimum atomic E-state index is -4.39. The van der Waals surface area contributed by atoms with Crippen LogP contribution in [-0.2, 0) is 0 Å². The average Bonchev–Trinajstić information content (AvgIpc) is 2.01. The summed E-state index contributed by atoms with van der Waals surface area (Å²) in [5.74, 6) is 0. The van der Waals surface area contributed by atoms with E-state index < -0.39 is 17.9 Å². The summed E-state index contributed by atoms with van der Waals surface area (Å²) in [5, 5.41) is 2.25. The van der Waals surface area contributed by atoms with Gasteiger partial charge in [-0.2, -0.15) is 13.2 Å². The Balaban J connectivity index is 2.80. The lowest BCUT2D eigenvalue weighted by molar-refractivity contribution is -0.152. The van der Waals surface area contributed by atoms with Gasteiger partial charge in [-0.05, 0) is 19.9 Å². The van der Waals surface area contributed by atoms with Gasteiger partial charge >= 0.3 is 6.18 Å². The number of rotatable bonds is 1. The van der Waals surface area contributed by atoms with Crippen LogP contribution in [0.5, 0.6) is 0 Å². The van der Waals surface area contributed by atoms with E-state index >= 15 is 0 Å². The first-order valence-electron chi connectivity index (χ1n) is 4.07. The van der Waals surface area contributed by atoms with Crippen LogP contribution in [0.25, 0.3) is 0 Å². The molecule has 1 rings (SSSR count). The number of aliphatic imine (C=N–C) groups is 1. The molecule has 0 amide bonds. The van der Waals surface area contributed by atoms with Crippen molar-refractivity contribution in [2.45, 2.75) is 31.7 Å². The highest BCUT2D eigenvalue weighted by Gasteiger charge is 2.41. The highest BCUT2D eigenvalue weighted by molar-refractivity contribution is 5.74. The zero-order valence-electron chi connectivity index (χ0n) is 7.89. The molecule has 0 bridgehead atoms. The Morgan fingerprint density at radius 3 is 2.43 bits per heavy atom. The standard InChI is InChI=1S/C8H12F3N3/c1-7(2,12)5-3-4-13-6(14-5)8(9,10)11/h3-4,6,14H,12H2,1-2H3. The lowest BCUT2D eigenvalue weighted by Crippen LogP contribution is -2.49. The number of nitrogens with one attached hydrogen (secondary N) is 1. The summed E-state index contributed by atoms with van der Waals surface area (Å²) >= 11 is 0. The molecule has 0 spiro atoms. The topological polar surface area (TPSA) is 50.4 Å². The second-order valence-electron chi connectivity index (χ2n) is 3.69. The number of alkyl halides is 3. The predicted molar refractivity (Wildman–Crippen MR) is 47.8 cm³/mol. The molecule has 6 heteroatoms. The molecule has 80 valence electrons. The van der Waals surface area contributed by atoms with Gasteiger partial charge in [-0.25, -0.2) is 0 Å². The molecule has 1 unspecified atom stereocenters. The lowest BCUT2D eigenvalue weighted by atomic mass is 10.0. The Kier molecular flexibility index (Phi) is 2.58. The molecule has 14 heavy (non-hydrogen) atoms. The van der Waals surface area contributed by atoms with Crippen LogP contribution in [0.3, 0.4) is 0 Å². The maximum atomic E-state index is 12.3. The van der Waals surface area contributed by atoms with Crippen LogP contribution in [0.1, 0.15) is 13.8 Å². The van der Waals surface area contributed by atoms with E-state index in [0.29, 0.717) is 5.70 Å². The van der Waals surface area contributed by atoms with Gasteiger partial charge in [-0.15, -0.1) is 0 Å². The molecule has 0 saturated heterocycles. The first-order valence-corrected chi connectivity index (χ1v) is 4.07. The Bertz CT molecular complexity index is 273. The Morgan fingerprint density at radius 2 is 2.00 bits per heavy atom. The molecule has 0 radical (unpaired) electrons. The van der Waals surface area contributed by atoms with Gasteiger partial charge in [0.25, 0.3) is 0 Å². The highest BCUT2D eigenvalue weighted by Crippen LogP contribution is 2.24. The fourth-order valence-corrected chi connectivity index (χ4v) is 1.00. The molecule has 3 N–H and O–H groups in total. The van der Waals surface area contributed by atoms with E-state index in [2.05, 4.69) is 10.3 Å². The normalized spacial score (nSPS) is 23.0. The van der Waals surface area contributed by atoms with Crippen molar-refractivity contribution in [3.8, 4) is 0 Å². The largest absolute Gasteiger partial charge is 0.429 e. The van der Waals surface area contributed by atoms with Gasteiger partial charge in [0.15, 0.2) is 0 Å². The monoisotopic (exact) mass is 207 g/mol. The van der Waals surface area contributed by atoms with E-state index in [0.717, 1.165) is 6.21 Å². The summed E-state index contributed by atoms with van der Waals surface area (Å²) in [6, 6.07) is 0. The van der Waals surface area contributed by atoms with Gasteiger partial charge in [0.05, 0.1) is 5.54 Å². The van der Waals surface area contributed by atoms with E-state index in [4.69, 9.17) is 5.73 Å². The molecule has 1 aliphatic heterocycles. The Labute approximate surface area is 79.9 Å². The van der Waals surface area contributed by atoms with Crippen molar-refractivity contribution < 1.29 is 13.2 Å². The lowest BCUT2D eigenvalue weighted by Gasteiger charge is -2.30. The van der Waals surface area contributed by atoms with Crippen molar-refractivity contribution in [3.05, 3.63) is 11.8 Å². The first kappa shape index (κ1) is 11.0. The minimum absolute atomic E-state index is 0.329. The third-order valence-corrected chi connectivity index (χ3v) is 1.77. The van der Waals surface area contributed by atoms with E-state index in [1.807, 2.05) is 0 Å². The van der Waals surface area contributed by atoms with Crippen molar-refractivity contribution in [3.63, 3.8) is 0 Å². The van der Waals surface area contributed by atoms with Gasteiger partial charge in [0.2, 0.25) is 6.17 Å². The zero-order valence-corrected chi connectivity index (χ0v) is 7.89. The molecule has 1 atom stereocenters. The molecule has 0 saturated carbocycles. The summed E-state index contributed by atoms with van der Waals surface area (Å²) in [5.41, 5.74) is 5.16. The smallest absolute Gasteiger partial charge is 0.358 e. The van der Waals surface area contributed by atoms with Crippen LogP contribution in [0.2, 0.25) is 0 Å². The van der Waals surface area contributed by atoms with Crippen molar-refractivity contribution in [1.29, 1.82) is 0 Å². The van der Waals surface area contributed by atoms with Crippen molar-refractivity contribution in [1.82, 2.24) is 5.32 Å². The number of allylic oxidation sites excluding steroid dienone is 1. The number of hydrogen-bond donors (Lipinski definition) is 2. The molecular formula is C8H12F3N3. The maximum absolute atomic E-state index is 12.3. The summed E-state index contributed by atoms with van der Waals surface area (Å²) in [6.45, 7) is 3.25. The highest BCUT2D eigenvalue weighted by atomic mass is 19.4. The van der Waals surface area contributed by atoms with Gasteiger partial charge in [0, 0.05) is 11.9 Å². The van der Waals surface area contributed by atoms with Crippen LogP contribution in [0, 0.1) is 0 Å². The summed E-state index contributed by atoms with van der Waals surface area (Å²) in [4.78, 5) is 3.27. The molecule has 3 nitrogen and oxygen atoms in total. The van der Waals surface area contributed by atoms with Crippen molar-refractivity contribution >= 4 is 6.21 Å². The van der Waals surface area contributed by atoms with Gasteiger partial charge in [-0.3, -0.25) is 4.99 Å². The van der Waals surface area contributed by atoms with Crippen LogP contribution in [-0.4, -0.2) is 24.1 Å². The molecule has 0 fully saturated rings. The van der Waals surface area contributed by atoms with E-state index in [9.17, 15) is 13.2 Å². The quantitative estimate of drug-likeness (QED) is 0.678. The SMILES string of the molecule is CC(C)(N)C1=CC=NC(C(F)(F)F)N1. The number of hydrogen-bond acceptors (Lipinski definition) is 3. The van der Waals surface area contributed by atoms with E-state index in [1.54, 1.807) is 13.8 Å². The zero-order chi connectivity index (χ0) is 11.0. The Morgan fingerprint density at radius 1 is 1.43 bits per heavy atom. The molecule has 1 aliphatic rings. The molecule has 0 aliphatic carbocycles. The van der Waals surface area contributed by atoms with Crippen LogP contribution < -0.4 is 11.1 Å². The molecule has 0 aromatic rings. The number of nitrogens with zero attached hydrogens (tertiary/aromatic N) is 1.